The number of nitrogens with one attached hydrogen (secondary N) is 1. The highest BCUT2D eigenvalue weighted by atomic mass is 16.4. The van der Waals surface area contributed by atoms with E-state index in [-0.39, 0.29) is 5.69 Å². The summed E-state index contributed by atoms with van der Waals surface area (Å²) < 4.78 is 1.60. The van der Waals surface area contributed by atoms with Gasteiger partial charge in [0.25, 0.3) is 0 Å². The molecule has 6 nitrogen and oxygen atoms in total. The summed E-state index contributed by atoms with van der Waals surface area (Å²) in [5.41, 5.74) is -0.0873. The van der Waals surface area contributed by atoms with E-state index in [1.54, 1.807) is 9.58 Å². The highest BCUT2D eigenvalue weighted by Gasteiger charge is 2.22. The van der Waals surface area contributed by atoms with Gasteiger partial charge >= 0.3 is 0 Å². The molecular formula is C13H22N4O2. The lowest BCUT2D eigenvalue weighted by atomic mass is 9.94. The van der Waals surface area contributed by atoms with Crippen molar-refractivity contribution in [1.82, 2.24) is 15.0 Å². The molecule has 19 heavy (non-hydrogen) atoms. The smallest absolute Gasteiger partial charge is 0.128 e. The van der Waals surface area contributed by atoms with Gasteiger partial charge in [-0.2, -0.15) is 0 Å². The summed E-state index contributed by atoms with van der Waals surface area (Å²) in [4.78, 5) is 12.2. The van der Waals surface area contributed by atoms with Crippen LogP contribution in [0.3, 0.4) is 0 Å². The second kappa shape index (κ2) is 6.65. The lowest BCUT2D eigenvalue weighted by Crippen LogP contribution is -3.16. The van der Waals surface area contributed by atoms with Crippen molar-refractivity contribution in [3.8, 4) is 0 Å². The van der Waals surface area contributed by atoms with Gasteiger partial charge in [0.1, 0.15) is 5.69 Å². The highest BCUT2D eigenvalue weighted by Crippen LogP contribution is 2.15. The predicted octanol–water partition coefficient (Wildman–Crippen LogP) is -1.12. The minimum atomic E-state index is -1.27. The number of carboxylic acid groups (broad SMARTS) is 1. The summed E-state index contributed by atoms with van der Waals surface area (Å²) >= 11 is 0. The maximum atomic E-state index is 10.6. The van der Waals surface area contributed by atoms with Crippen molar-refractivity contribution < 1.29 is 14.8 Å². The Balaban J connectivity index is 1.86. The molecule has 0 aromatic carbocycles. The Morgan fingerprint density at radius 2 is 2.21 bits per heavy atom. The first-order chi connectivity index (χ1) is 9.20. The van der Waals surface area contributed by atoms with Gasteiger partial charge in [0.2, 0.25) is 0 Å². The number of carboxylic acids is 1. The molecule has 1 aliphatic carbocycles. The fourth-order valence-corrected chi connectivity index (χ4v) is 2.94. The zero-order chi connectivity index (χ0) is 13.7. The van der Waals surface area contributed by atoms with Gasteiger partial charge in [-0.1, -0.05) is 11.6 Å². The second-order valence-corrected chi connectivity index (χ2v) is 5.25. The van der Waals surface area contributed by atoms with Crippen LogP contribution >= 0.6 is 0 Å². The number of quaternary nitrogens is 1. The van der Waals surface area contributed by atoms with Crippen LogP contribution in [0.25, 0.3) is 0 Å². The molecule has 0 radical (unpaired) electrons. The van der Waals surface area contributed by atoms with Crippen LogP contribution in [0.4, 0.5) is 0 Å². The van der Waals surface area contributed by atoms with Gasteiger partial charge in [-0.3, -0.25) is 0 Å². The molecule has 0 spiro atoms. The van der Waals surface area contributed by atoms with E-state index in [0.717, 1.165) is 19.1 Å². The Hall–Kier alpha value is -1.43. The first kappa shape index (κ1) is 14.0. The van der Waals surface area contributed by atoms with Crippen molar-refractivity contribution in [2.75, 3.05) is 13.1 Å². The van der Waals surface area contributed by atoms with Crippen LogP contribution in [0.5, 0.6) is 0 Å². The Labute approximate surface area is 113 Å². The standard InChI is InChI=1S/C13H22N4O2/c1-2-16(11-6-4-3-5-7-11)8-9-17-10-12(13(18)19)14-15-17/h10-11H,2-9H2,1H3,(H,18,19). The first-order valence-electron chi connectivity index (χ1n) is 7.16. The molecule has 0 saturated heterocycles. The largest absolute Gasteiger partial charge is 0.543 e. The Morgan fingerprint density at radius 3 is 2.79 bits per heavy atom. The Bertz CT molecular complexity index is 413. The summed E-state index contributed by atoms with van der Waals surface area (Å²) in [6, 6.07) is 0.753. The molecule has 1 aliphatic rings. The van der Waals surface area contributed by atoms with E-state index in [1.807, 2.05) is 0 Å². The molecular weight excluding hydrogens is 244 g/mol. The number of carbonyl (C=O) groups excluding carboxylic acids is 1. The number of aromatic carboxylic acids is 1. The Morgan fingerprint density at radius 1 is 1.47 bits per heavy atom. The lowest BCUT2D eigenvalue weighted by Gasteiger charge is -2.30. The zero-order valence-corrected chi connectivity index (χ0v) is 11.5. The van der Waals surface area contributed by atoms with Crippen molar-refractivity contribution in [1.29, 1.82) is 0 Å². The van der Waals surface area contributed by atoms with Crippen LogP contribution < -0.4 is 10.0 Å². The number of rotatable bonds is 6. The Kier molecular flexibility index (Phi) is 4.90. The SMILES string of the molecule is CC[NH+](CCn1cc(C(=O)[O-])nn1)C1CCCCC1. The molecule has 0 amide bonds. The van der Waals surface area contributed by atoms with Crippen LogP contribution in [0.1, 0.15) is 49.5 Å². The van der Waals surface area contributed by atoms with Crippen molar-refractivity contribution >= 4 is 5.97 Å². The average Bonchev–Trinajstić information content (AvgIpc) is 2.90. The fraction of sp³-hybridized carbons (Fsp3) is 0.769. The molecule has 6 heteroatoms. The molecule has 106 valence electrons. The van der Waals surface area contributed by atoms with Crippen molar-refractivity contribution in [2.45, 2.75) is 51.6 Å². The summed E-state index contributed by atoms with van der Waals surface area (Å²) in [7, 11) is 0. The van der Waals surface area contributed by atoms with Crippen molar-refractivity contribution in [3.63, 3.8) is 0 Å². The van der Waals surface area contributed by atoms with Gasteiger partial charge in [0.05, 0.1) is 37.8 Å². The maximum Gasteiger partial charge on any atom is 0.128 e. The van der Waals surface area contributed by atoms with E-state index < -0.39 is 5.97 Å². The van der Waals surface area contributed by atoms with E-state index in [2.05, 4.69) is 17.2 Å². The molecule has 1 aromatic heterocycles. The summed E-state index contributed by atoms with van der Waals surface area (Å²) in [5.74, 6) is -1.27. The monoisotopic (exact) mass is 266 g/mol. The number of carbonyl (C=O) groups is 1. The van der Waals surface area contributed by atoms with Crippen LogP contribution in [0.2, 0.25) is 0 Å². The van der Waals surface area contributed by atoms with E-state index in [4.69, 9.17) is 0 Å². The zero-order valence-electron chi connectivity index (χ0n) is 11.5. The van der Waals surface area contributed by atoms with Crippen molar-refractivity contribution in [3.05, 3.63) is 11.9 Å². The van der Waals surface area contributed by atoms with Crippen LogP contribution in [-0.2, 0) is 6.54 Å². The third-order valence-corrected chi connectivity index (χ3v) is 4.05. The topological polar surface area (TPSA) is 75.3 Å². The van der Waals surface area contributed by atoms with Gasteiger partial charge in [0, 0.05) is 0 Å². The van der Waals surface area contributed by atoms with Crippen LogP contribution in [0.15, 0.2) is 6.20 Å². The second-order valence-electron chi connectivity index (χ2n) is 5.25. The molecule has 1 fully saturated rings. The van der Waals surface area contributed by atoms with Gasteiger partial charge < -0.3 is 14.8 Å². The lowest BCUT2D eigenvalue weighted by molar-refractivity contribution is -0.925. The molecule has 1 aromatic rings. The van der Waals surface area contributed by atoms with E-state index >= 15 is 0 Å². The van der Waals surface area contributed by atoms with Gasteiger partial charge in [0.15, 0.2) is 0 Å². The minimum absolute atomic E-state index is 0.0873. The predicted molar refractivity (Wildman–Crippen MR) is 67.6 cm³/mol. The molecule has 1 saturated carbocycles. The van der Waals surface area contributed by atoms with E-state index in [9.17, 15) is 9.90 Å². The molecule has 0 bridgehead atoms. The van der Waals surface area contributed by atoms with Crippen LogP contribution in [-0.4, -0.2) is 40.1 Å². The summed E-state index contributed by atoms with van der Waals surface area (Å²) in [5, 5.41) is 18.0. The van der Waals surface area contributed by atoms with E-state index in [1.165, 1.54) is 38.3 Å². The van der Waals surface area contributed by atoms with Crippen molar-refractivity contribution in [2.24, 2.45) is 0 Å². The fourth-order valence-electron chi connectivity index (χ4n) is 2.94. The summed E-state index contributed by atoms with van der Waals surface area (Å²) in [6.07, 6.45) is 8.11. The number of nitrogens with zero attached hydrogens (tertiary/aromatic N) is 3. The number of aromatic nitrogens is 3. The average molecular weight is 266 g/mol. The van der Waals surface area contributed by atoms with Gasteiger partial charge in [-0.25, -0.2) is 4.68 Å². The normalized spacial score (nSPS) is 18.4. The first-order valence-corrected chi connectivity index (χ1v) is 7.16. The molecule has 0 aliphatic heterocycles. The number of hydrogen-bond donors (Lipinski definition) is 1. The number of hydrogen-bond acceptors (Lipinski definition) is 4. The quantitative estimate of drug-likeness (QED) is 0.707. The van der Waals surface area contributed by atoms with Gasteiger partial charge in [-0.05, 0) is 32.6 Å². The van der Waals surface area contributed by atoms with E-state index in [0.29, 0.717) is 6.54 Å². The number of likely N-dealkylation sites (N-methyl/N-ethyl adjacent to an activating group) is 1. The molecule has 1 N–H and O–H groups in total. The minimum Gasteiger partial charge on any atom is -0.543 e. The molecule has 2 rings (SSSR count). The maximum absolute atomic E-state index is 10.6. The third-order valence-electron chi connectivity index (χ3n) is 4.05. The molecule has 1 heterocycles. The molecule has 1 unspecified atom stereocenters. The third kappa shape index (κ3) is 3.76. The van der Waals surface area contributed by atoms with Gasteiger partial charge in [-0.15, -0.1) is 5.10 Å². The summed E-state index contributed by atoms with van der Waals surface area (Å²) in [6.45, 7) is 4.99. The van der Waals surface area contributed by atoms with Crippen LogP contribution in [0, 0.1) is 0 Å². The molecule has 1 atom stereocenters. The highest BCUT2D eigenvalue weighted by molar-refractivity contribution is 5.82.